The number of sulfonamides is 1. The van der Waals surface area contributed by atoms with Gasteiger partial charge in [0.25, 0.3) is 0 Å². The lowest BCUT2D eigenvalue weighted by Gasteiger charge is -2.34. The SMILES string of the molecule is Cc1nc2cc(S(=O)(=O)N3CCN(C(=O)C4CC4)CC3)ccc2o1. The van der Waals surface area contributed by atoms with Crippen molar-refractivity contribution in [1.82, 2.24) is 14.2 Å². The van der Waals surface area contributed by atoms with Crippen molar-refractivity contribution < 1.29 is 17.6 Å². The van der Waals surface area contributed by atoms with Crippen molar-refractivity contribution in [3.05, 3.63) is 24.1 Å². The molecule has 128 valence electrons. The molecule has 0 atom stereocenters. The molecule has 7 nitrogen and oxygen atoms in total. The van der Waals surface area contributed by atoms with Gasteiger partial charge in [-0.2, -0.15) is 4.31 Å². The van der Waals surface area contributed by atoms with Gasteiger partial charge in [0.2, 0.25) is 15.9 Å². The third-order valence-electron chi connectivity index (χ3n) is 4.58. The molecule has 1 aromatic heterocycles. The Balaban J connectivity index is 1.52. The predicted octanol–water partition coefficient (Wildman–Crippen LogP) is 1.38. The molecule has 0 bridgehead atoms. The molecule has 1 amide bonds. The van der Waals surface area contributed by atoms with Gasteiger partial charge in [-0.05, 0) is 31.0 Å². The molecule has 1 saturated carbocycles. The Labute approximate surface area is 140 Å². The topological polar surface area (TPSA) is 83.7 Å². The molecule has 2 heterocycles. The van der Waals surface area contributed by atoms with Crippen LogP contribution in [0.2, 0.25) is 0 Å². The second-order valence-electron chi connectivity index (χ2n) is 6.37. The zero-order valence-electron chi connectivity index (χ0n) is 13.4. The standard InChI is InChI=1S/C16H19N3O4S/c1-11-17-14-10-13(4-5-15(14)23-11)24(21,22)19-8-6-18(7-9-19)16(20)12-2-3-12/h4-5,10,12H,2-3,6-9H2,1H3. The number of piperazine rings is 1. The Morgan fingerprint density at radius 3 is 2.58 bits per heavy atom. The van der Waals surface area contributed by atoms with Gasteiger partial charge in [0, 0.05) is 39.0 Å². The first kappa shape index (κ1) is 15.6. The summed E-state index contributed by atoms with van der Waals surface area (Å²) in [6.45, 7) is 3.30. The van der Waals surface area contributed by atoms with Crippen LogP contribution in [-0.4, -0.2) is 54.7 Å². The maximum atomic E-state index is 12.8. The summed E-state index contributed by atoms with van der Waals surface area (Å²) < 4.78 is 32.5. The van der Waals surface area contributed by atoms with E-state index in [9.17, 15) is 13.2 Å². The summed E-state index contributed by atoms with van der Waals surface area (Å²) >= 11 is 0. The lowest BCUT2D eigenvalue weighted by molar-refractivity contribution is -0.133. The predicted molar refractivity (Wildman–Crippen MR) is 86.8 cm³/mol. The number of aryl methyl sites for hydroxylation is 1. The van der Waals surface area contributed by atoms with Gasteiger partial charge >= 0.3 is 0 Å². The van der Waals surface area contributed by atoms with E-state index < -0.39 is 10.0 Å². The van der Waals surface area contributed by atoms with Crippen LogP contribution >= 0.6 is 0 Å². The van der Waals surface area contributed by atoms with Crippen LogP contribution in [0.1, 0.15) is 18.7 Å². The fourth-order valence-electron chi connectivity index (χ4n) is 3.07. The van der Waals surface area contributed by atoms with Crippen LogP contribution in [0.25, 0.3) is 11.1 Å². The largest absolute Gasteiger partial charge is 0.441 e. The normalized spacial score (nSPS) is 19.8. The molecule has 0 spiro atoms. The van der Waals surface area contributed by atoms with Crippen LogP contribution in [0.4, 0.5) is 0 Å². The number of hydrogen-bond donors (Lipinski definition) is 0. The summed E-state index contributed by atoms with van der Waals surface area (Å²) in [6.07, 6.45) is 1.93. The maximum absolute atomic E-state index is 12.8. The van der Waals surface area contributed by atoms with E-state index in [2.05, 4.69) is 4.98 Å². The number of nitrogens with zero attached hydrogens (tertiary/aromatic N) is 3. The van der Waals surface area contributed by atoms with E-state index in [1.165, 1.54) is 4.31 Å². The third kappa shape index (κ3) is 2.69. The van der Waals surface area contributed by atoms with Crippen molar-refractivity contribution in [2.24, 2.45) is 5.92 Å². The van der Waals surface area contributed by atoms with Crippen molar-refractivity contribution in [3.8, 4) is 0 Å². The molecule has 8 heteroatoms. The molecule has 2 aliphatic rings. The van der Waals surface area contributed by atoms with Crippen LogP contribution in [0, 0.1) is 12.8 Å². The molecule has 0 unspecified atom stereocenters. The Kier molecular flexibility index (Phi) is 3.61. The van der Waals surface area contributed by atoms with Crippen molar-refractivity contribution in [1.29, 1.82) is 0 Å². The lowest BCUT2D eigenvalue weighted by atomic mass is 10.3. The van der Waals surface area contributed by atoms with Gasteiger partial charge in [-0.25, -0.2) is 13.4 Å². The first-order chi connectivity index (χ1) is 11.4. The quantitative estimate of drug-likeness (QED) is 0.836. The first-order valence-corrected chi connectivity index (χ1v) is 9.55. The highest BCUT2D eigenvalue weighted by Crippen LogP contribution is 2.31. The van der Waals surface area contributed by atoms with Gasteiger partial charge in [0.15, 0.2) is 11.5 Å². The number of benzene rings is 1. The van der Waals surface area contributed by atoms with Crippen LogP contribution in [0.5, 0.6) is 0 Å². The smallest absolute Gasteiger partial charge is 0.243 e. The minimum atomic E-state index is -3.58. The fourth-order valence-corrected chi connectivity index (χ4v) is 4.51. The Morgan fingerprint density at radius 2 is 1.92 bits per heavy atom. The summed E-state index contributed by atoms with van der Waals surface area (Å²) in [6, 6.07) is 4.72. The molecule has 4 rings (SSSR count). The van der Waals surface area contributed by atoms with Crippen molar-refractivity contribution in [3.63, 3.8) is 0 Å². The van der Waals surface area contributed by atoms with E-state index in [0.717, 1.165) is 12.8 Å². The second kappa shape index (κ2) is 5.56. The molecule has 1 aliphatic heterocycles. The molecule has 1 aromatic carbocycles. The molecule has 2 aromatic rings. The third-order valence-corrected chi connectivity index (χ3v) is 6.48. The highest BCUT2D eigenvalue weighted by Gasteiger charge is 2.36. The maximum Gasteiger partial charge on any atom is 0.243 e. The number of aromatic nitrogens is 1. The summed E-state index contributed by atoms with van der Waals surface area (Å²) in [5.74, 6) is 0.851. The minimum absolute atomic E-state index is 0.172. The average molecular weight is 349 g/mol. The van der Waals surface area contributed by atoms with E-state index in [-0.39, 0.29) is 16.7 Å². The van der Waals surface area contributed by atoms with Gasteiger partial charge in [-0.15, -0.1) is 0 Å². The number of carbonyl (C=O) groups is 1. The Hall–Kier alpha value is -1.93. The zero-order valence-corrected chi connectivity index (χ0v) is 14.3. The molecule has 1 aliphatic carbocycles. The molecule has 0 radical (unpaired) electrons. The molecule has 0 N–H and O–H groups in total. The van der Waals surface area contributed by atoms with Crippen LogP contribution < -0.4 is 0 Å². The van der Waals surface area contributed by atoms with Crippen molar-refractivity contribution >= 4 is 27.0 Å². The molecule has 24 heavy (non-hydrogen) atoms. The van der Waals surface area contributed by atoms with Crippen molar-refractivity contribution in [2.45, 2.75) is 24.7 Å². The average Bonchev–Trinajstić information content (AvgIpc) is 3.35. The molecular weight excluding hydrogens is 330 g/mol. The zero-order chi connectivity index (χ0) is 16.9. The van der Waals surface area contributed by atoms with Gasteiger partial charge in [-0.3, -0.25) is 4.79 Å². The highest BCUT2D eigenvalue weighted by molar-refractivity contribution is 7.89. The number of fused-ring (bicyclic) bond motifs is 1. The summed E-state index contributed by atoms with van der Waals surface area (Å²) in [7, 11) is -3.58. The van der Waals surface area contributed by atoms with E-state index in [0.29, 0.717) is 43.2 Å². The van der Waals surface area contributed by atoms with E-state index >= 15 is 0 Å². The van der Waals surface area contributed by atoms with Gasteiger partial charge in [-0.1, -0.05) is 0 Å². The molecular formula is C16H19N3O4S. The second-order valence-corrected chi connectivity index (χ2v) is 8.30. The van der Waals surface area contributed by atoms with Crippen LogP contribution in [-0.2, 0) is 14.8 Å². The summed E-state index contributed by atoms with van der Waals surface area (Å²) in [5.41, 5.74) is 1.11. The molecule has 2 fully saturated rings. The number of amides is 1. The Bertz CT molecular complexity index is 893. The number of hydrogen-bond acceptors (Lipinski definition) is 5. The van der Waals surface area contributed by atoms with Crippen LogP contribution in [0.3, 0.4) is 0 Å². The van der Waals surface area contributed by atoms with E-state index in [1.807, 2.05) is 0 Å². The summed E-state index contributed by atoms with van der Waals surface area (Å²) in [4.78, 5) is 18.3. The lowest BCUT2D eigenvalue weighted by Crippen LogP contribution is -2.50. The van der Waals surface area contributed by atoms with E-state index in [1.54, 1.807) is 30.0 Å². The highest BCUT2D eigenvalue weighted by atomic mass is 32.2. The van der Waals surface area contributed by atoms with Gasteiger partial charge in [0.1, 0.15) is 5.52 Å². The summed E-state index contributed by atoms with van der Waals surface area (Å²) in [5, 5.41) is 0. The van der Waals surface area contributed by atoms with E-state index in [4.69, 9.17) is 4.42 Å². The van der Waals surface area contributed by atoms with Crippen LogP contribution in [0.15, 0.2) is 27.5 Å². The first-order valence-electron chi connectivity index (χ1n) is 8.11. The fraction of sp³-hybridized carbons (Fsp3) is 0.500. The number of oxazole rings is 1. The van der Waals surface area contributed by atoms with Gasteiger partial charge in [0.05, 0.1) is 4.90 Å². The Morgan fingerprint density at radius 1 is 1.21 bits per heavy atom. The minimum Gasteiger partial charge on any atom is -0.441 e. The molecule has 1 saturated heterocycles. The number of carbonyl (C=O) groups excluding carboxylic acids is 1. The van der Waals surface area contributed by atoms with Gasteiger partial charge < -0.3 is 9.32 Å². The van der Waals surface area contributed by atoms with Crippen molar-refractivity contribution in [2.75, 3.05) is 26.2 Å². The number of rotatable bonds is 3. The monoisotopic (exact) mass is 349 g/mol.